The Labute approximate surface area is 101 Å². The van der Waals surface area contributed by atoms with Crippen LogP contribution in [0.2, 0.25) is 0 Å². The molecule has 0 amide bonds. The van der Waals surface area contributed by atoms with E-state index < -0.39 is 17.5 Å². The first-order chi connectivity index (χ1) is 7.79. The summed E-state index contributed by atoms with van der Waals surface area (Å²) in [6.07, 6.45) is -0.282. The van der Waals surface area contributed by atoms with Crippen molar-refractivity contribution in [2.45, 2.75) is 38.9 Å². The summed E-state index contributed by atoms with van der Waals surface area (Å²) in [6.45, 7) is 5.22. The normalized spacial score (nSPS) is 13.5. The van der Waals surface area contributed by atoms with Gasteiger partial charge in [-0.2, -0.15) is 0 Å². The quantitative estimate of drug-likeness (QED) is 0.833. The Morgan fingerprint density at radius 3 is 2.59 bits per heavy atom. The SMILES string of the molecule is CC(O)c1ccc(F)cc1OCCC(C)(C)O. The van der Waals surface area contributed by atoms with Crippen LogP contribution in [0.4, 0.5) is 4.39 Å². The van der Waals surface area contributed by atoms with E-state index in [0.29, 0.717) is 17.7 Å². The summed E-state index contributed by atoms with van der Waals surface area (Å²) >= 11 is 0. The average Bonchev–Trinajstić information content (AvgIpc) is 2.15. The van der Waals surface area contributed by atoms with E-state index in [0.717, 1.165) is 0 Å². The van der Waals surface area contributed by atoms with E-state index in [1.54, 1.807) is 20.8 Å². The number of halogens is 1. The minimum atomic E-state index is -0.821. The van der Waals surface area contributed by atoms with E-state index in [4.69, 9.17) is 4.74 Å². The second-order valence-electron chi connectivity index (χ2n) is 4.77. The zero-order valence-corrected chi connectivity index (χ0v) is 10.4. The number of ether oxygens (including phenoxy) is 1. The van der Waals surface area contributed by atoms with Gasteiger partial charge in [-0.3, -0.25) is 0 Å². The number of aliphatic hydroxyl groups excluding tert-OH is 1. The fraction of sp³-hybridized carbons (Fsp3) is 0.538. The van der Waals surface area contributed by atoms with Gasteiger partial charge < -0.3 is 14.9 Å². The van der Waals surface area contributed by atoms with Gasteiger partial charge in [0.1, 0.15) is 11.6 Å². The van der Waals surface area contributed by atoms with Crippen LogP contribution >= 0.6 is 0 Å². The summed E-state index contributed by atoms with van der Waals surface area (Å²) in [6, 6.07) is 4.02. The monoisotopic (exact) mass is 242 g/mol. The maximum absolute atomic E-state index is 13.1. The van der Waals surface area contributed by atoms with Gasteiger partial charge in [0.2, 0.25) is 0 Å². The van der Waals surface area contributed by atoms with Crippen LogP contribution in [0.25, 0.3) is 0 Å². The molecule has 0 radical (unpaired) electrons. The molecule has 0 heterocycles. The topological polar surface area (TPSA) is 49.7 Å². The molecule has 0 bridgehead atoms. The maximum Gasteiger partial charge on any atom is 0.127 e. The number of hydrogen-bond acceptors (Lipinski definition) is 3. The summed E-state index contributed by atoms with van der Waals surface area (Å²) in [5, 5.41) is 19.0. The van der Waals surface area contributed by atoms with Crippen molar-refractivity contribution in [2.24, 2.45) is 0 Å². The van der Waals surface area contributed by atoms with Gasteiger partial charge in [0, 0.05) is 18.1 Å². The third kappa shape index (κ3) is 4.71. The molecular weight excluding hydrogens is 223 g/mol. The molecule has 3 nitrogen and oxygen atoms in total. The van der Waals surface area contributed by atoms with Crippen LogP contribution < -0.4 is 4.74 Å². The largest absolute Gasteiger partial charge is 0.493 e. The molecule has 96 valence electrons. The zero-order valence-electron chi connectivity index (χ0n) is 10.4. The fourth-order valence-corrected chi connectivity index (χ4v) is 1.39. The van der Waals surface area contributed by atoms with E-state index >= 15 is 0 Å². The molecule has 17 heavy (non-hydrogen) atoms. The van der Waals surface area contributed by atoms with Crippen LogP contribution in [0.1, 0.15) is 38.9 Å². The van der Waals surface area contributed by atoms with Crippen LogP contribution in [-0.2, 0) is 0 Å². The van der Waals surface area contributed by atoms with Crippen LogP contribution in [0.5, 0.6) is 5.75 Å². The summed E-state index contributed by atoms with van der Waals surface area (Å²) in [7, 11) is 0. The molecule has 1 atom stereocenters. The van der Waals surface area contributed by atoms with E-state index in [1.165, 1.54) is 18.2 Å². The Hall–Kier alpha value is -1.13. The predicted octanol–water partition coefficient (Wildman–Crippen LogP) is 2.42. The maximum atomic E-state index is 13.1. The second-order valence-corrected chi connectivity index (χ2v) is 4.77. The molecule has 0 saturated heterocycles. The molecule has 1 rings (SSSR count). The van der Waals surface area contributed by atoms with Gasteiger partial charge in [-0.1, -0.05) is 0 Å². The highest BCUT2D eigenvalue weighted by Gasteiger charge is 2.14. The lowest BCUT2D eigenvalue weighted by Gasteiger charge is -2.18. The highest BCUT2D eigenvalue weighted by atomic mass is 19.1. The van der Waals surface area contributed by atoms with Gasteiger partial charge in [0.15, 0.2) is 0 Å². The smallest absolute Gasteiger partial charge is 0.127 e. The summed E-state index contributed by atoms with van der Waals surface area (Å²) < 4.78 is 18.5. The first kappa shape index (κ1) is 13.9. The van der Waals surface area contributed by atoms with Crippen molar-refractivity contribution in [3.05, 3.63) is 29.6 Å². The first-order valence-corrected chi connectivity index (χ1v) is 5.62. The minimum Gasteiger partial charge on any atom is -0.493 e. The van der Waals surface area contributed by atoms with Crippen molar-refractivity contribution < 1.29 is 19.3 Å². The molecule has 0 aromatic heterocycles. The second kappa shape index (κ2) is 5.47. The molecule has 4 heteroatoms. The van der Waals surface area contributed by atoms with Gasteiger partial charge in [0.05, 0.1) is 18.3 Å². The lowest BCUT2D eigenvalue weighted by Crippen LogP contribution is -2.22. The summed E-state index contributed by atoms with van der Waals surface area (Å²) in [5.74, 6) is -0.0862. The highest BCUT2D eigenvalue weighted by Crippen LogP contribution is 2.26. The molecule has 0 aliphatic carbocycles. The van der Waals surface area contributed by atoms with Crippen LogP contribution in [0, 0.1) is 5.82 Å². The molecular formula is C13H19FO3. The van der Waals surface area contributed by atoms with E-state index in [9.17, 15) is 14.6 Å². The first-order valence-electron chi connectivity index (χ1n) is 5.62. The van der Waals surface area contributed by atoms with Crippen molar-refractivity contribution >= 4 is 0 Å². The number of benzene rings is 1. The molecule has 0 aliphatic rings. The predicted molar refractivity (Wildman–Crippen MR) is 63.4 cm³/mol. The Bertz CT molecular complexity index is 369. The van der Waals surface area contributed by atoms with Crippen LogP contribution in [0.15, 0.2) is 18.2 Å². The highest BCUT2D eigenvalue weighted by molar-refractivity contribution is 5.35. The van der Waals surface area contributed by atoms with Gasteiger partial charge >= 0.3 is 0 Å². The molecule has 0 aliphatic heterocycles. The summed E-state index contributed by atoms with van der Waals surface area (Å²) in [4.78, 5) is 0. The van der Waals surface area contributed by atoms with Gasteiger partial charge in [0.25, 0.3) is 0 Å². The lowest BCUT2D eigenvalue weighted by atomic mass is 10.1. The Kier molecular flexibility index (Phi) is 4.48. The molecule has 0 fully saturated rings. The van der Waals surface area contributed by atoms with Crippen LogP contribution in [-0.4, -0.2) is 22.4 Å². The molecule has 1 unspecified atom stereocenters. The van der Waals surface area contributed by atoms with Crippen molar-refractivity contribution in [1.82, 2.24) is 0 Å². The van der Waals surface area contributed by atoms with Crippen molar-refractivity contribution in [3.8, 4) is 5.75 Å². The van der Waals surface area contributed by atoms with Crippen molar-refractivity contribution in [1.29, 1.82) is 0 Å². The van der Waals surface area contributed by atoms with E-state index in [-0.39, 0.29) is 6.61 Å². The Morgan fingerprint density at radius 2 is 2.06 bits per heavy atom. The Balaban J connectivity index is 2.72. The third-order valence-electron chi connectivity index (χ3n) is 2.40. The number of hydrogen-bond donors (Lipinski definition) is 2. The van der Waals surface area contributed by atoms with Gasteiger partial charge in [-0.05, 0) is 32.9 Å². The standard InChI is InChI=1S/C13H19FO3/c1-9(15)11-5-4-10(14)8-12(11)17-7-6-13(2,3)16/h4-5,8-9,15-16H,6-7H2,1-3H3. The van der Waals surface area contributed by atoms with Crippen LogP contribution in [0.3, 0.4) is 0 Å². The van der Waals surface area contributed by atoms with Gasteiger partial charge in [-0.15, -0.1) is 0 Å². The molecule has 0 saturated carbocycles. The molecule has 1 aromatic rings. The fourth-order valence-electron chi connectivity index (χ4n) is 1.39. The minimum absolute atomic E-state index is 0.271. The van der Waals surface area contributed by atoms with E-state index in [1.807, 2.05) is 0 Å². The number of aliphatic hydroxyl groups is 2. The lowest BCUT2D eigenvalue weighted by molar-refractivity contribution is 0.0548. The van der Waals surface area contributed by atoms with E-state index in [2.05, 4.69) is 0 Å². The van der Waals surface area contributed by atoms with Gasteiger partial charge in [-0.25, -0.2) is 4.39 Å². The van der Waals surface area contributed by atoms with Crippen molar-refractivity contribution in [3.63, 3.8) is 0 Å². The Morgan fingerprint density at radius 1 is 1.41 bits per heavy atom. The number of rotatable bonds is 5. The van der Waals surface area contributed by atoms with Crippen molar-refractivity contribution in [2.75, 3.05) is 6.61 Å². The average molecular weight is 242 g/mol. The third-order valence-corrected chi connectivity index (χ3v) is 2.40. The molecule has 2 N–H and O–H groups in total. The molecule has 1 aromatic carbocycles. The molecule has 0 spiro atoms. The summed E-state index contributed by atoms with van der Waals surface area (Å²) in [5.41, 5.74) is -0.277. The zero-order chi connectivity index (χ0) is 13.1.